The molecule has 0 bridgehead atoms. The van der Waals surface area contributed by atoms with Gasteiger partial charge in [-0.15, -0.1) is 0 Å². The number of ether oxygens (including phenoxy) is 2. The number of aryl methyl sites for hydroxylation is 1. The maximum Gasteiger partial charge on any atom is 0.217 e. The van der Waals surface area contributed by atoms with E-state index in [4.69, 9.17) is 15.2 Å². The molecule has 2 N–H and O–H groups in total. The minimum Gasteiger partial charge on any atom is -0.379 e. The van der Waals surface area contributed by atoms with E-state index in [1.165, 1.54) is 16.7 Å². The second-order valence-electron chi connectivity index (χ2n) is 9.91. The zero-order valence-corrected chi connectivity index (χ0v) is 21.2. The van der Waals surface area contributed by atoms with E-state index in [1.807, 2.05) is 0 Å². The number of benzene rings is 2. The third-order valence-corrected chi connectivity index (χ3v) is 7.23. The van der Waals surface area contributed by atoms with Crippen LogP contribution in [0, 0.1) is 12.8 Å². The van der Waals surface area contributed by atoms with Crippen LogP contribution in [0.1, 0.15) is 43.2 Å². The van der Waals surface area contributed by atoms with Gasteiger partial charge in [-0.3, -0.25) is 14.5 Å². The molecule has 2 fully saturated rings. The van der Waals surface area contributed by atoms with Crippen LogP contribution in [0.4, 0.5) is 0 Å². The zero-order valence-electron chi connectivity index (χ0n) is 21.2. The van der Waals surface area contributed by atoms with Gasteiger partial charge in [-0.1, -0.05) is 66.2 Å². The largest absolute Gasteiger partial charge is 0.379 e. The molecule has 1 heterocycles. The molecule has 1 amide bonds. The van der Waals surface area contributed by atoms with Gasteiger partial charge in [0.1, 0.15) is 0 Å². The van der Waals surface area contributed by atoms with Crippen LogP contribution in [-0.2, 0) is 25.7 Å². The summed E-state index contributed by atoms with van der Waals surface area (Å²) in [6.07, 6.45) is 7.32. The average Bonchev–Trinajstić information content (AvgIpc) is 3.20. The number of Topliss-reactive ketones (excluding diaryl/α,β-unsaturated/α-hetero) is 1. The number of amides is 1. The number of ketones is 1. The Morgan fingerprint density at radius 3 is 2.39 bits per heavy atom. The van der Waals surface area contributed by atoms with Crippen molar-refractivity contribution < 1.29 is 19.1 Å². The Kier molecular flexibility index (Phi) is 9.45. The molecular weight excluding hydrogens is 452 g/mol. The van der Waals surface area contributed by atoms with Gasteiger partial charge in [0, 0.05) is 31.8 Å². The van der Waals surface area contributed by atoms with Gasteiger partial charge in [0.25, 0.3) is 0 Å². The molecule has 1 aliphatic carbocycles. The quantitative estimate of drug-likeness (QED) is 0.372. The SMILES string of the molecule is Cc1ccc(-c2ccc(CO[C@H]3CC(=O)[C@H](N4CCOCC4)[C@H]3C/C=C\CCCC(N)=O)cc2)cc1. The van der Waals surface area contributed by atoms with E-state index >= 15 is 0 Å². The van der Waals surface area contributed by atoms with E-state index in [0.717, 1.165) is 37.9 Å². The summed E-state index contributed by atoms with van der Waals surface area (Å²) >= 11 is 0. The van der Waals surface area contributed by atoms with Gasteiger partial charge in [-0.05, 0) is 42.9 Å². The van der Waals surface area contributed by atoms with Crippen molar-refractivity contribution in [3.05, 3.63) is 71.8 Å². The highest BCUT2D eigenvalue weighted by molar-refractivity contribution is 5.87. The minimum absolute atomic E-state index is 0.106. The second-order valence-corrected chi connectivity index (χ2v) is 9.91. The number of carbonyl (C=O) groups excluding carboxylic acids is 2. The average molecular weight is 491 g/mol. The first-order valence-electron chi connectivity index (χ1n) is 13.1. The van der Waals surface area contributed by atoms with Crippen LogP contribution in [-0.4, -0.2) is 55.0 Å². The van der Waals surface area contributed by atoms with Crippen LogP contribution >= 0.6 is 0 Å². The number of rotatable bonds is 11. The van der Waals surface area contributed by atoms with Gasteiger partial charge in [-0.25, -0.2) is 0 Å². The van der Waals surface area contributed by atoms with Gasteiger partial charge in [-0.2, -0.15) is 0 Å². The Hall–Kier alpha value is -2.80. The molecule has 6 nitrogen and oxygen atoms in total. The zero-order chi connectivity index (χ0) is 25.3. The molecule has 0 aromatic heterocycles. The van der Waals surface area contributed by atoms with E-state index < -0.39 is 0 Å². The normalized spacial score (nSPS) is 22.9. The number of allylic oxidation sites excluding steroid dienone is 2. The number of unbranched alkanes of at least 4 members (excludes halogenated alkanes) is 1. The molecule has 2 aromatic carbocycles. The number of nitrogens with zero attached hydrogens (tertiary/aromatic N) is 1. The third-order valence-electron chi connectivity index (χ3n) is 7.23. The van der Waals surface area contributed by atoms with Crippen molar-refractivity contribution in [1.82, 2.24) is 4.90 Å². The van der Waals surface area contributed by atoms with E-state index in [9.17, 15) is 9.59 Å². The molecule has 36 heavy (non-hydrogen) atoms. The molecule has 4 rings (SSSR count). The topological polar surface area (TPSA) is 81.9 Å². The van der Waals surface area contributed by atoms with Crippen molar-refractivity contribution in [3.63, 3.8) is 0 Å². The lowest BCUT2D eigenvalue weighted by atomic mass is 9.95. The third kappa shape index (κ3) is 7.12. The van der Waals surface area contributed by atoms with Crippen molar-refractivity contribution >= 4 is 11.7 Å². The lowest BCUT2D eigenvalue weighted by Crippen LogP contribution is -2.49. The Morgan fingerprint density at radius 1 is 1.06 bits per heavy atom. The van der Waals surface area contributed by atoms with Crippen molar-refractivity contribution in [2.75, 3.05) is 26.3 Å². The Labute approximate surface area is 214 Å². The van der Waals surface area contributed by atoms with Gasteiger partial charge >= 0.3 is 0 Å². The molecule has 6 heteroatoms. The fraction of sp³-hybridized carbons (Fsp3) is 0.467. The van der Waals surface area contributed by atoms with Crippen molar-refractivity contribution in [2.24, 2.45) is 11.7 Å². The highest BCUT2D eigenvalue weighted by atomic mass is 16.5. The summed E-state index contributed by atoms with van der Waals surface area (Å²) in [5.41, 5.74) is 9.97. The van der Waals surface area contributed by atoms with Crippen molar-refractivity contribution in [3.8, 4) is 11.1 Å². The van der Waals surface area contributed by atoms with Crippen LogP contribution in [0.3, 0.4) is 0 Å². The van der Waals surface area contributed by atoms with Crippen LogP contribution in [0.5, 0.6) is 0 Å². The number of primary amides is 1. The van der Waals surface area contributed by atoms with E-state index in [1.54, 1.807) is 0 Å². The molecule has 0 spiro atoms. The number of hydrogen-bond donors (Lipinski definition) is 1. The van der Waals surface area contributed by atoms with E-state index in [-0.39, 0.29) is 29.8 Å². The van der Waals surface area contributed by atoms with Gasteiger partial charge in [0.2, 0.25) is 5.91 Å². The number of carbonyl (C=O) groups is 2. The van der Waals surface area contributed by atoms with Gasteiger partial charge in [0.15, 0.2) is 5.78 Å². The fourth-order valence-electron chi connectivity index (χ4n) is 5.21. The maximum atomic E-state index is 13.1. The van der Waals surface area contributed by atoms with Crippen LogP contribution < -0.4 is 5.73 Å². The number of morpholine rings is 1. The summed E-state index contributed by atoms with van der Waals surface area (Å²) in [6.45, 7) is 5.47. The summed E-state index contributed by atoms with van der Waals surface area (Å²) in [6, 6.07) is 16.9. The number of nitrogens with two attached hydrogens (primary N) is 1. The first-order chi connectivity index (χ1) is 17.5. The molecule has 0 unspecified atom stereocenters. The molecule has 0 radical (unpaired) electrons. The summed E-state index contributed by atoms with van der Waals surface area (Å²) in [7, 11) is 0. The summed E-state index contributed by atoms with van der Waals surface area (Å²) in [5, 5.41) is 0. The monoisotopic (exact) mass is 490 g/mol. The van der Waals surface area contributed by atoms with Gasteiger partial charge in [0.05, 0.1) is 32.0 Å². The Balaban J connectivity index is 1.38. The molecular formula is C30H38N2O4. The lowest BCUT2D eigenvalue weighted by Gasteiger charge is -2.35. The number of hydrogen-bond acceptors (Lipinski definition) is 5. The van der Waals surface area contributed by atoms with Crippen LogP contribution in [0.15, 0.2) is 60.7 Å². The first kappa shape index (κ1) is 26.3. The molecule has 1 saturated heterocycles. The van der Waals surface area contributed by atoms with Crippen LogP contribution in [0.25, 0.3) is 11.1 Å². The smallest absolute Gasteiger partial charge is 0.217 e. The Morgan fingerprint density at radius 2 is 1.72 bits per heavy atom. The first-order valence-corrected chi connectivity index (χ1v) is 13.1. The Bertz CT molecular complexity index is 1030. The molecule has 1 aliphatic heterocycles. The van der Waals surface area contributed by atoms with E-state index in [2.05, 4.69) is 72.5 Å². The van der Waals surface area contributed by atoms with E-state index in [0.29, 0.717) is 32.7 Å². The predicted molar refractivity (Wildman–Crippen MR) is 141 cm³/mol. The minimum atomic E-state index is -0.266. The summed E-state index contributed by atoms with van der Waals surface area (Å²) in [4.78, 5) is 26.3. The molecule has 1 saturated carbocycles. The van der Waals surface area contributed by atoms with Crippen molar-refractivity contribution in [2.45, 2.75) is 57.8 Å². The van der Waals surface area contributed by atoms with Crippen molar-refractivity contribution in [1.29, 1.82) is 0 Å². The molecule has 2 aromatic rings. The molecule has 2 aliphatic rings. The maximum absolute atomic E-state index is 13.1. The highest BCUT2D eigenvalue weighted by Gasteiger charge is 2.45. The van der Waals surface area contributed by atoms with Crippen LogP contribution in [0.2, 0.25) is 0 Å². The molecule has 3 atom stereocenters. The standard InChI is InChI=1S/C30H38N2O4/c1-22-8-12-24(13-9-22)25-14-10-23(11-15-25)21-36-28-20-27(33)30(32-16-18-35-19-17-32)26(28)6-4-2-3-5-7-29(31)34/h2,4,8-15,26,28,30H,3,5-7,16-21H2,1H3,(H2,31,34)/b4-2-/t26-,28-,30+/m0/s1. The fourth-order valence-corrected chi connectivity index (χ4v) is 5.21. The molecule has 192 valence electrons. The second kappa shape index (κ2) is 12.9. The predicted octanol–water partition coefficient (Wildman–Crippen LogP) is 4.44. The summed E-state index contributed by atoms with van der Waals surface area (Å²) in [5.74, 6) is 0.108. The van der Waals surface area contributed by atoms with Gasteiger partial charge < -0.3 is 15.2 Å². The highest BCUT2D eigenvalue weighted by Crippen LogP contribution is 2.34. The summed E-state index contributed by atoms with van der Waals surface area (Å²) < 4.78 is 11.9. The lowest BCUT2D eigenvalue weighted by molar-refractivity contribution is -0.124.